The molecule has 2 unspecified atom stereocenters. The van der Waals surface area contributed by atoms with E-state index in [4.69, 9.17) is 28.9 Å². The molecule has 1 fully saturated rings. The van der Waals surface area contributed by atoms with Crippen LogP contribution in [0.4, 0.5) is 20.3 Å². The third-order valence-electron chi connectivity index (χ3n) is 8.70. The van der Waals surface area contributed by atoms with Crippen molar-refractivity contribution < 1.29 is 22.0 Å². The molecule has 0 spiro atoms. The highest BCUT2D eigenvalue weighted by Crippen LogP contribution is 2.46. The Bertz CT molecular complexity index is 2180. The number of hydrogen-bond acceptors (Lipinski definition) is 8. The molecule has 0 bridgehead atoms. The average molecular weight is 704 g/mol. The zero-order valence-corrected chi connectivity index (χ0v) is 28.1. The Morgan fingerprint density at radius 2 is 1.87 bits per heavy atom. The van der Waals surface area contributed by atoms with Crippen molar-refractivity contribution in [1.82, 2.24) is 19.4 Å². The fourth-order valence-corrected chi connectivity index (χ4v) is 8.98. The molecule has 2 aromatic heterocycles. The molecule has 2 N–H and O–H groups in total. The number of piperazine rings is 1. The Kier molecular flexibility index (Phi) is 8.09. The van der Waals surface area contributed by atoms with Gasteiger partial charge in [-0.05, 0) is 49.6 Å². The molecule has 0 aliphatic carbocycles. The van der Waals surface area contributed by atoms with Gasteiger partial charge in [-0.3, -0.25) is 14.3 Å². The number of fused-ring (bicyclic) bond motifs is 2. The topological polar surface area (TPSA) is 131 Å². The van der Waals surface area contributed by atoms with Crippen LogP contribution < -0.4 is 16.3 Å². The normalized spacial score (nSPS) is 18.7. The van der Waals surface area contributed by atoms with E-state index in [1.54, 1.807) is 31.0 Å². The summed E-state index contributed by atoms with van der Waals surface area (Å²) in [5, 5.41) is -0.826. The largest absolute Gasteiger partial charge is 0.397 e. The van der Waals surface area contributed by atoms with Gasteiger partial charge in [0.25, 0.3) is 0 Å². The maximum Gasteiger partial charge on any atom is 0.354 e. The lowest BCUT2D eigenvalue weighted by Gasteiger charge is -2.45. The number of pyridine rings is 1. The number of nitrogen functional groups attached to an aromatic ring is 1. The van der Waals surface area contributed by atoms with Crippen LogP contribution in [0.5, 0.6) is 0 Å². The van der Waals surface area contributed by atoms with Gasteiger partial charge in [-0.15, -0.1) is 0 Å². The van der Waals surface area contributed by atoms with Crippen molar-refractivity contribution in [2.45, 2.75) is 50.6 Å². The highest BCUT2D eigenvalue weighted by atomic mass is 35.5. The van der Waals surface area contributed by atoms with E-state index < -0.39 is 72.0 Å². The van der Waals surface area contributed by atoms with Crippen LogP contribution in [-0.4, -0.2) is 64.7 Å². The highest BCUT2D eigenvalue weighted by molar-refractivity contribution is 7.91. The second kappa shape index (κ2) is 11.6. The van der Waals surface area contributed by atoms with E-state index in [9.17, 15) is 18.0 Å². The minimum absolute atomic E-state index is 0.0617. The van der Waals surface area contributed by atoms with Gasteiger partial charge in [0.15, 0.2) is 21.5 Å². The van der Waals surface area contributed by atoms with E-state index >= 15 is 8.78 Å². The van der Waals surface area contributed by atoms with Crippen LogP contribution in [0, 0.1) is 18.6 Å². The van der Waals surface area contributed by atoms with Crippen LogP contribution in [0.1, 0.15) is 37.9 Å². The first-order valence-corrected chi connectivity index (χ1v) is 17.1. The summed E-state index contributed by atoms with van der Waals surface area (Å²) >= 11 is 12.4. The summed E-state index contributed by atoms with van der Waals surface area (Å²) in [7, 11) is -4.57. The van der Waals surface area contributed by atoms with Crippen molar-refractivity contribution in [2.75, 3.05) is 29.5 Å². The quantitative estimate of drug-likeness (QED) is 0.169. The molecule has 2 aliphatic rings. The van der Waals surface area contributed by atoms with Crippen LogP contribution in [0.2, 0.25) is 10.0 Å². The number of nitrogens with two attached hydrogens (primary N) is 1. The minimum atomic E-state index is -4.57. The monoisotopic (exact) mass is 702 g/mol. The molecule has 2 aliphatic heterocycles. The number of halogens is 4. The van der Waals surface area contributed by atoms with Gasteiger partial charge in [0.05, 0.1) is 49.8 Å². The van der Waals surface area contributed by atoms with E-state index in [2.05, 4.69) is 16.5 Å². The second-order valence-corrected chi connectivity index (χ2v) is 14.9. The summed E-state index contributed by atoms with van der Waals surface area (Å²) in [5.74, 6) is -3.77. The van der Waals surface area contributed by atoms with Crippen molar-refractivity contribution in [3.8, 4) is 16.8 Å². The standard InChI is InChI=1S/C32H30Cl2F2N6O4S/c1-6-22(43)40-11-16(5)41-17(12-40)13-47(45,46)30-24-21(9-18(25(30)35)23-26(36)19(33)10-20(34)27(23)37)42(32(44)39-31(24)41)29-15(4)7-8-38-28(29)14(2)3/h6-10,14,16-17H,1,11-13,37H2,2-5H3. The van der Waals surface area contributed by atoms with Crippen LogP contribution in [-0.2, 0) is 14.6 Å². The van der Waals surface area contributed by atoms with E-state index in [1.807, 2.05) is 13.8 Å². The predicted octanol–water partition coefficient (Wildman–Crippen LogP) is 5.43. The molecule has 10 nitrogen and oxygen atoms in total. The first-order valence-electron chi connectivity index (χ1n) is 14.7. The number of anilines is 2. The van der Waals surface area contributed by atoms with Crippen LogP contribution in [0.15, 0.2) is 46.7 Å². The number of carbonyl (C=O) groups excluding carboxylic acids is 1. The van der Waals surface area contributed by atoms with Gasteiger partial charge < -0.3 is 15.5 Å². The number of carbonyl (C=O) groups is 1. The zero-order valence-electron chi connectivity index (χ0n) is 25.8. The molecule has 15 heteroatoms. The van der Waals surface area contributed by atoms with E-state index in [0.717, 1.165) is 12.1 Å². The summed E-state index contributed by atoms with van der Waals surface area (Å²) in [6.45, 7) is 10.9. The number of aryl methyl sites for hydroxylation is 1. The predicted molar refractivity (Wildman–Crippen MR) is 178 cm³/mol. The Balaban J connectivity index is 1.83. The number of sulfone groups is 1. The Morgan fingerprint density at radius 1 is 1.17 bits per heavy atom. The molecular weight excluding hydrogens is 673 g/mol. The third kappa shape index (κ3) is 5.06. The third-order valence-corrected chi connectivity index (χ3v) is 11.1. The summed E-state index contributed by atoms with van der Waals surface area (Å²) in [5.41, 5.74) is 5.22. The molecule has 246 valence electrons. The summed E-state index contributed by atoms with van der Waals surface area (Å²) in [6, 6.07) is 2.46. The maximum absolute atomic E-state index is 17.0. The molecule has 2 aromatic carbocycles. The summed E-state index contributed by atoms with van der Waals surface area (Å²) in [4.78, 5) is 38.1. The van der Waals surface area contributed by atoms with Crippen LogP contribution in [0.3, 0.4) is 0 Å². The van der Waals surface area contributed by atoms with Gasteiger partial charge in [-0.1, -0.05) is 43.6 Å². The van der Waals surface area contributed by atoms with Crippen LogP contribution >= 0.6 is 23.2 Å². The van der Waals surface area contributed by atoms with E-state index in [-0.39, 0.29) is 46.4 Å². The van der Waals surface area contributed by atoms with E-state index in [1.165, 1.54) is 15.5 Å². The fraction of sp³-hybridized carbons (Fsp3) is 0.312. The lowest BCUT2D eigenvalue weighted by Crippen LogP contribution is -2.61. The van der Waals surface area contributed by atoms with Gasteiger partial charge in [-0.25, -0.2) is 22.0 Å². The molecule has 4 heterocycles. The fourth-order valence-electron chi connectivity index (χ4n) is 6.69. The minimum Gasteiger partial charge on any atom is -0.397 e. The molecule has 4 aromatic rings. The number of rotatable bonds is 4. The highest BCUT2D eigenvalue weighted by Gasteiger charge is 2.44. The van der Waals surface area contributed by atoms with E-state index in [0.29, 0.717) is 16.9 Å². The van der Waals surface area contributed by atoms with Crippen molar-refractivity contribution in [1.29, 1.82) is 0 Å². The van der Waals surface area contributed by atoms with Crippen molar-refractivity contribution in [2.24, 2.45) is 0 Å². The second-order valence-electron chi connectivity index (χ2n) is 12.1. The SMILES string of the molecule is C=CC(=O)N1CC(C)N2c3nc(=O)n(-c4c(C)ccnc4C(C)C)c4cc(-c5c(N)c(Cl)cc(Cl)c5F)c(F)c(c34)S(=O)(=O)CC2C1. The molecule has 1 amide bonds. The van der Waals surface area contributed by atoms with Gasteiger partial charge in [0.2, 0.25) is 5.91 Å². The maximum atomic E-state index is 17.0. The number of nitrogens with zero attached hydrogens (tertiary/aromatic N) is 5. The van der Waals surface area contributed by atoms with Crippen LogP contribution in [0.25, 0.3) is 27.7 Å². The lowest BCUT2D eigenvalue weighted by atomic mass is 9.98. The van der Waals surface area contributed by atoms with Gasteiger partial charge in [-0.2, -0.15) is 4.98 Å². The molecule has 2 atom stereocenters. The molecular formula is C32H30Cl2F2N6O4S. The Morgan fingerprint density at radius 3 is 2.53 bits per heavy atom. The number of hydrogen-bond donors (Lipinski definition) is 1. The Labute approximate surface area is 279 Å². The molecule has 6 rings (SSSR count). The first-order chi connectivity index (χ1) is 22.1. The number of aromatic nitrogens is 3. The average Bonchev–Trinajstić information content (AvgIpc) is 3.09. The van der Waals surface area contributed by atoms with Gasteiger partial charge in [0.1, 0.15) is 10.7 Å². The van der Waals surface area contributed by atoms with Crippen molar-refractivity contribution >= 4 is 61.4 Å². The molecule has 0 saturated carbocycles. The first kappa shape index (κ1) is 32.9. The molecule has 0 radical (unpaired) electrons. The van der Waals surface area contributed by atoms with Crippen molar-refractivity contribution in [3.63, 3.8) is 0 Å². The smallest absolute Gasteiger partial charge is 0.354 e. The Hall–Kier alpha value is -4.07. The van der Waals surface area contributed by atoms with Crippen molar-refractivity contribution in [3.05, 3.63) is 80.5 Å². The zero-order chi connectivity index (χ0) is 34.3. The molecule has 1 saturated heterocycles. The lowest BCUT2D eigenvalue weighted by molar-refractivity contribution is -0.127. The van der Waals surface area contributed by atoms with Gasteiger partial charge >= 0.3 is 5.69 Å². The van der Waals surface area contributed by atoms with Gasteiger partial charge in [0, 0.05) is 36.5 Å². The summed E-state index contributed by atoms with van der Waals surface area (Å²) in [6.07, 6.45) is 2.71. The number of amides is 1. The molecule has 47 heavy (non-hydrogen) atoms. The summed E-state index contributed by atoms with van der Waals surface area (Å²) < 4.78 is 62.7. The number of benzene rings is 2.